The van der Waals surface area contributed by atoms with Crippen molar-refractivity contribution in [1.82, 2.24) is 4.90 Å². The smallest absolute Gasteiger partial charge is 0.251 e. The maximum Gasteiger partial charge on any atom is 0.251 e. The minimum absolute atomic E-state index is 0.137. The Bertz CT molecular complexity index is 490. The van der Waals surface area contributed by atoms with Gasteiger partial charge in [-0.05, 0) is 18.2 Å². The zero-order valence-corrected chi connectivity index (χ0v) is 10.5. The van der Waals surface area contributed by atoms with Crippen LogP contribution in [0.4, 0.5) is 5.69 Å². The molecule has 0 radical (unpaired) electrons. The van der Waals surface area contributed by atoms with Crippen LogP contribution in [-0.4, -0.2) is 29.8 Å². The second-order valence-electron chi connectivity index (χ2n) is 3.82. The van der Waals surface area contributed by atoms with Crippen molar-refractivity contribution in [2.75, 3.05) is 12.4 Å². The standard InChI is InChI=1S/C11H10Cl2N2O2/c1-15-10(16)5-9(11(15)17)14-8-4-6(12)2-3-7(8)13/h2-4,9,14H,5H2,1H3. The quantitative estimate of drug-likeness (QED) is 0.840. The van der Waals surface area contributed by atoms with Crippen molar-refractivity contribution in [1.29, 1.82) is 0 Å². The van der Waals surface area contributed by atoms with Crippen LogP contribution in [-0.2, 0) is 9.59 Å². The molecule has 1 unspecified atom stereocenters. The van der Waals surface area contributed by atoms with E-state index in [-0.39, 0.29) is 18.2 Å². The molecule has 1 aliphatic rings. The zero-order valence-electron chi connectivity index (χ0n) is 9.04. The summed E-state index contributed by atoms with van der Waals surface area (Å²) in [5, 5.41) is 3.91. The van der Waals surface area contributed by atoms with Gasteiger partial charge in [0.25, 0.3) is 5.91 Å². The highest BCUT2D eigenvalue weighted by molar-refractivity contribution is 6.35. The maximum atomic E-state index is 11.7. The van der Waals surface area contributed by atoms with E-state index in [0.29, 0.717) is 15.7 Å². The number of nitrogens with one attached hydrogen (secondary N) is 1. The van der Waals surface area contributed by atoms with Gasteiger partial charge >= 0.3 is 0 Å². The highest BCUT2D eigenvalue weighted by Gasteiger charge is 2.36. The Labute approximate surface area is 108 Å². The summed E-state index contributed by atoms with van der Waals surface area (Å²) >= 11 is 11.8. The lowest BCUT2D eigenvalue weighted by molar-refractivity contribution is -0.136. The zero-order chi connectivity index (χ0) is 12.6. The fourth-order valence-electron chi connectivity index (χ4n) is 1.66. The number of likely N-dealkylation sites (N-methyl/N-ethyl adjacent to an activating group) is 1. The number of halogens is 2. The Balaban J connectivity index is 2.19. The fourth-order valence-corrected chi connectivity index (χ4v) is 2.01. The van der Waals surface area contributed by atoms with Crippen molar-refractivity contribution >= 4 is 40.7 Å². The van der Waals surface area contributed by atoms with Gasteiger partial charge in [-0.1, -0.05) is 23.2 Å². The van der Waals surface area contributed by atoms with Crippen molar-refractivity contribution in [2.45, 2.75) is 12.5 Å². The van der Waals surface area contributed by atoms with E-state index in [2.05, 4.69) is 5.32 Å². The number of anilines is 1. The van der Waals surface area contributed by atoms with Crippen LogP contribution in [0, 0.1) is 0 Å². The molecule has 1 aromatic carbocycles. The number of rotatable bonds is 2. The number of hydrogen-bond acceptors (Lipinski definition) is 3. The van der Waals surface area contributed by atoms with Gasteiger partial charge < -0.3 is 5.32 Å². The number of nitrogens with zero attached hydrogens (tertiary/aromatic N) is 1. The first kappa shape index (κ1) is 12.2. The SMILES string of the molecule is CN1C(=O)CC(Nc2cc(Cl)ccc2Cl)C1=O. The molecule has 1 N–H and O–H groups in total. The molecular formula is C11H10Cl2N2O2. The van der Waals surface area contributed by atoms with Gasteiger partial charge in [0, 0.05) is 12.1 Å². The monoisotopic (exact) mass is 272 g/mol. The molecule has 0 saturated carbocycles. The van der Waals surface area contributed by atoms with Gasteiger partial charge in [-0.15, -0.1) is 0 Å². The van der Waals surface area contributed by atoms with E-state index in [1.807, 2.05) is 0 Å². The number of benzene rings is 1. The first-order valence-electron chi connectivity index (χ1n) is 5.01. The van der Waals surface area contributed by atoms with Crippen molar-refractivity contribution in [3.63, 3.8) is 0 Å². The number of imide groups is 1. The summed E-state index contributed by atoms with van der Waals surface area (Å²) in [7, 11) is 1.46. The summed E-state index contributed by atoms with van der Waals surface area (Å²) in [5.74, 6) is -0.461. The average Bonchev–Trinajstić information content (AvgIpc) is 2.52. The molecule has 1 fully saturated rings. The summed E-state index contributed by atoms with van der Waals surface area (Å²) in [6.07, 6.45) is 0.137. The third-order valence-corrected chi connectivity index (χ3v) is 3.20. The van der Waals surface area contributed by atoms with Crippen molar-refractivity contribution in [2.24, 2.45) is 0 Å². The largest absolute Gasteiger partial charge is 0.372 e. The van der Waals surface area contributed by atoms with Crippen LogP contribution < -0.4 is 5.32 Å². The molecule has 2 rings (SSSR count). The fraction of sp³-hybridized carbons (Fsp3) is 0.273. The average molecular weight is 273 g/mol. The number of hydrogen-bond donors (Lipinski definition) is 1. The van der Waals surface area contributed by atoms with Gasteiger partial charge in [-0.2, -0.15) is 0 Å². The van der Waals surface area contributed by atoms with Gasteiger partial charge in [0.05, 0.1) is 17.1 Å². The van der Waals surface area contributed by atoms with Gasteiger partial charge in [-0.3, -0.25) is 14.5 Å². The number of carbonyl (C=O) groups excluding carboxylic acids is 2. The van der Waals surface area contributed by atoms with Crippen LogP contribution in [0.15, 0.2) is 18.2 Å². The molecule has 90 valence electrons. The minimum atomic E-state index is -0.566. The van der Waals surface area contributed by atoms with E-state index >= 15 is 0 Å². The van der Waals surface area contributed by atoms with Gasteiger partial charge in [-0.25, -0.2) is 0 Å². The van der Waals surface area contributed by atoms with Crippen molar-refractivity contribution in [3.05, 3.63) is 28.2 Å². The molecule has 0 aromatic heterocycles. The molecule has 1 heterocycles. The number of amides is 2. The summed E-state index contributed by atoms with van der Waals surface area (Å²) < 4.78 is 0. The van der Waals surface area contributed by atoms with Crippen LogP contribution in [0.3, 0.4) is 0 Å². The van der Waals surface area contributed by atoms with E-state index in [4.69, 9.17) is 23.2 Å². The third kappa shape index (κ3) is 2.37. The molecule has 1 saturated heterocycles. The second kappa shape index (κ2) is 4.55. The maximum absolute atomic E-state index is 11.7. The first-order chi connectivity index (χ1) is 7.99. The van der Waals surface area contributed by atoms with Crippen LogP contribution in [0.5, 0.6) is 0 Å². The van der Waals surface area contributed by atoms with E-state index in [0.717, 1.165) is 4.90 Å². The molecule has 1 aromatic rings. The summed E-state index contributed by atoms with van der Waals surface area (Å²) in [4.78, 5) is 24.1. The third-order valence-electron chi connectivity index (χ3n) is 2.64. The summed E-state index contributed by atoms with van der Waals surface area (Å²) in [5.41, 5.74) is 0.556. The molecular weight excluding hydrogens is 263 g/mol. The molecule has 1 atom stereocenters. The van der Waals surface area contributed by atoms with Gasteiger partial charge in [0.2, 0.25) is 5.91 Å². The lowest BCUT2D eigenvalue weighted by atomic mass is 10.2. The lowest BCUT2D eigenvalue weighted by Crippen LogP contribution is -2.31. The van der Waals surface area contributed by atoms with Crippen LogP contribution >= 0.6 is 23.2 Å². The second-order valence-corrected chi connectivity index (χ2v) is 4.66. The van der Waals surface area contributed by atoms with Crippen LogP contribution in [0.25, 0.3) is 0 Å². The van der Waals surface area contributed by atoms with Crippen molar-refractivity contribution < 1.29 is 9.59 Å². The minimum Gasteiger partial charge on any atom is -0.372 e. The molecule has 2 amide bonds. The van der Waals surface area contributed by atoms with E-state index in [1.165, 1.54) is 7.05 Å². The Morgan fingerprint density at radius 1 is 1.35 bits per heavy atom. The molecule has 17 heavy (non-hydrogen) atoms. The normalized spacial score (nSPS) is 19.9. The Morgan fingerprint density at radius 2 is 2.06 bits per heavy atom. The van der Waals surface area contributed by atoms with E-state index in [9.17, 15) is 9.59 Å². The summed E-state index contributed by atoms with van der Waals surface area (Å²) in [6, 6.07) is 4.35. The van der Waals surface area contributed by atoms with E-state index < -0.39 is 6.04 Å². The van der Waals surface area contributed by atoms with Gasteiger partial charge in [0.1, 0.15) is 6.04 Å². The highest BCUT2D eigenvalue weighted by Crippen LogP contribution is 2.27. The summed E-state index contributed by atoms with van der Waals surface area (Å²) in [6.45, 7) is 0. The molecule has 0 aliphatic carbocycles. The van der Waals surface area contributed by atoms with Gasteiger partial charge in [0.15, 0.2) is 0 Å². The molecule has 4 nitrogen and oxygen atoms in total. The molecule has 6 heteroatoms. The predicted octanol–water partition coefficient (Wildman–Crippen LogP) is 2.16. The Kier molecular flexibility index (Phi) is 3.26. The molecule has 1 aliphatic heterocycles. The van der Waals surface area contributed by atoms with Crippen LogP contribution in [0.2, 0.25) is 10.0 Å². The van der Waals surface area contributed by atoms with E-state index in [1.54, 1.807) is 18.2 Å². The van der Waals surface area contributed by atoms with Crippen LogP contribution in [0.1, 0.15) is 6.42 Å². The first-order valence-corrected chi connectivity index (χ1v) is 5.76. The molecule has 0 bridgehead atoms. The highest BCUT2D eigenvalue weighted by atomic mass is 35.5. The Hall–Kier alpha value is -1.26. The van der Waals surface area contributed by atoms with Crippen molar-refractivity contribution in [3.8, 4) is 0 Å². The number of carbonyl (C=O) groups is 2. The lowest BCUT2D eigenvalue weighted by Gasteiger charge is -2.13. The Morgan fingerprint density at radius 3 is 2.65 bits per heavy atom. The molecule has 0 spiro atoms. The number of likely N-dealkylation sites (tertiary alicyclic amines) is 1. The topological polar surface area (TPSA) is 49.4 Å². The predicted molar refractivity (Wildman–Crippen MR) is 66.3 cm³/mol.